The Morgan fingerprint density at radius 1 is 1.31 bits per heavy atom. The highest BCUT2D eigenvalue weighted by Gasteiger charge is 2.27. The smallest absolute Gasteiger partial charge is 0.222 e. The molecule has 0 radical (unpaired) electrons. The zero-order valence-corrected chi connectivity index (χ0v) is 11.0. The largest absolute Gasteiger partial charge is 0.341 e. The second-order valence-electron chi connectivity index (χ2n) is 4.81. The van der Waals surface area contributed by atoms with Gasteiger partial charge in [0.1, 0.15) is 0 Å². The molecule has 1 saturated heterocycles. The van der Waals surface area contributed by atoms with E-state index < -0.39 is 0 Å². The Kier molecular flexibility index (Phi) is 5.81. The van der Waals surface area contributed by atoms with Crippen LogP contribution in [0.15, 0.2) is 0 Å². The van der Waals surface area contributed by atoms with Gasteiger partial charge in [-0.25, -0.2) is 0 Å². The van der Waals surface area contributed by atoms with Crippen LogP contribution >= 0.6 is 0 Å². The van der Waals surface area contributed by atoms with Crippen molar-refractivity contribution in [2.45, 2.75) is 52.5 Å². The maximum atomic E-state index is 11.9. The van der Waals surface area contributed by atoms with Crippen molar-refractivity contribution >= 4 is 5.91 Å². The van der Waals surface area contributed by atoms with Gasteiger partial charge in [-0.1, -0.05) is 27.2 Å². The van der Waals surface area contributed by atoms with Gasteiger partial charge in [-0.15, -0.1) is 0 Å². The van der Waals surface area contributed by atoms with Crippen molar-refractivity contribution in [2.75, 3.05) is 19.6 Å². The number of likely N-dealkylation sites (tertiary alicyclic amines) is 1. The van der Waals surface area contributed by atoms with E-state index in [0.717, 1.165) is 26.1 Å². The lowest BCUT2D eigenvalue weighted by Gasteiger charge is -2.38. The van der Waals surface area contributed by atoms with E-state index in [0.29, 0.717) is 24.3 Å². The third-order valence-corrected chi connectivity index (χ3v) is 3.42. The molecule has 2 atom stereocenters. The standard InChI is InChI=1S/C13H26N2O/c1-4-7-13(16)15-9-11(5-2)8-12(10-15)14-6-3/h11-12,14H,4-10H2,1-3H3. The second-order valence-corrected chi connectivity index (χ2v) is 4.81. The van der Waals surface area contributed by atoms with Gasteiger partial charge in [-0.3, -0.25) is 4.79 Å². The average molecular weight is 226 g/mol. The summed E-state index contributed by atoms with van der Waals surface area (Å²) in [7, 11) is 0. The molecule has 0 spiro atoms. The number of amides is 1. The van der Waals surface area contributed by atoms with E-state index in [2.05, 4.69) is 31.0 Å². The molecule has 0 aromatic rings. The van der Waals surface area contributed by atoms with Crippen LogP contribution in [0.2, 0.25) is 0 Å². The Labute approximate surface area is 99.6 Å². The summed E-state index contributed by atoms with van der Waals surface area (Å²) in [5.41, 5.74) is 0. The van der Waals surface area contributed by atoms with Crippen LogP contribution < -0.4 is 5.32 Å². The number of carbonyl (C=O) groups excluding carboxylic acids is 1. The van der Waals surface area contributed by atoms with Gasteiger partial charge in [0.2, 0.25) is 5.91 Å². The summed E-state index contributed by atoms with van der Waals surface area (Å²) in [4.78, 5) is 14.0. The number of nitrogens with one attached hydrogen (secondary N) is 1. The zero-order valence-electron chi connectivity index (χ0n) is 11.0. The SMILES string of the molecule is CCCC(=O)N1CC(CC)CC(NCC)C1. The third-order valence-electron chi connectivity index (χ3n) is 3.42. The molecule has 1 aliphatic rings. The van der Waals surface area contributed by atoms with Crippen molar-refractivity contribution in [2.24, 2.45) is 5.92 Å². The van der Waals surface area contributed by atoms with Crippen LogP contribution in [0.1, 0.15) is 46.5 Å². The van der Waals surface area contributed by atoms with Crippen LogP contribution in [0.3, 0.4) is 0 Å². The number of likely N-dealkylation sites (N-methyl/N-ethyl adjacent to an activating group) is 1. The number of nitrogens with zero attached hydrogens (tertiary/aromatic N) is 1. The van der Waals surface area contributed by atoms with E-state index in [1.807, 2.05) is 0 Å². The molecule has 3 heteroatoms. The van der Waals surface area contributed by atoms with E-state index in [1.165, 1.54) is 12.8 Å². The van der Waals surface area contributed by atoms with Crippen molar-refractivity contribution in [1.29, 1.82) is 0 Å². The lowest BCUT2D eigenvalue weighted by Crippen LogP contribution is -2.51. The topological polar surface area (TPSA) is 32.3 Å². The fourth-order valence-corrected chi connectivity index (χ4v) is 2.51. The minimum Gasteiger partial charge on any atom is -0.341 e. The van der Waals surface area contributed by atoms with Crippen LogP contribution in [0, 0.1) is 5.92 Å². The molecule has 1 N–H and O–H groups in total. The van der Waals surface area contributed by atoms with Crippen LogP contribution in [0.4, 0.5) is 0 Å². The molecule has 16 heavy (non-hydrogen) atoms. The number of carbonyl (C=O) groups is 1. The Morgan fingerprint density at radius 2 is 2.06 bits per heavy atom. The molecule has 1 heterocycles. The minimum atomic E-state index is 0.337. The molecule has 1 amide bonds. The summed E-state index contributed by atoms with van der Waals surface area (Å²) in [6.45, 7) is 9.30. The van der Waals surface area contributed by atoms with E-state index in [9.17, 15) is 4.79 Å². The van der Waals surface area contributed by atoms with Crippen molar-refractivity contribution < 1.29 is 4.79 Å². The van der Waals surface area contributed by atoms with E-state index >= 15 is 0 Å². The van der Waals surface area contributed by atoms with Gasteiger partial charge in [0.05, 0.1) is 0 Å². The number of hydrogen-bond acceptors (Lipinski definition) is 2. The zero-order chi connectivity index (χ0) is 12.0. The molecule has 3 nitrogen and oxygen atoms in total. The molecule has 0 bridgehead atoms. The van der Waals surface area contributed by atoms with Crippen LogP contribution in [-0.2, 0) is 4.79 Å². The Bertz CT molecular complexity index is 218. The van der Waals surface area contributed by atoms with E-state index in [1.54, 1.807) is 0 Å². The first-order valence-electron chi connectivity index (χ1n) is 6.72. The lowest BCUT2D eigenvalue weighted by molar-refractivity contribution is -0.133. The predicted octanol–water partition coefficient (Wildman–Crippen LogP) is 2.02. The molecule has 1 aliphatic heterocycles. The normalized spacial score (nSPS) is 25.8. The van der Waals surface area contributed by atoms with Gasteiger partial charge in [0.25, 0.3) is 0 Å². The minimum absolute atomic E-state index is 0.337. The molecule has 0 saturated carbocycles. The highest BCUT2D eigenvalue weighted by atomic mass is 16.2. The molecule has 94 valence electrons. The number of piperidine rings is 1. The summed E-state index contributed by atoms with van der Waals surface area (Å²) in [5, 5.41) is 3.48. The van der Waals surface area contributed by atoms with Gasteiger partial charge >= 0.3 is 0 Å². The Morgan fingerprint density at radius 3 is 2.62 bits per heavy atom. The average Bonchev–Trinajstić information content (AvgIpc) is 2.29. The second kappa shape index (κ2) is 6.89. The van der Waals surface area contributed by atoms with Crippen LogP contribution in [-0.4, -0.2) is 36.5 Å². The fraction of sp³-hybridized carbons (Fsp3) is 0.923. The maximum absolute atomic E-state index is 11.9. The molecule has 0 aromatic carbocycles. The van der Waals surface area contributed by atoms with E-state index in [-0.39, 0.29) is 0 Å². The molecule has 0 aliphatic carbocycles. The third kappa shape index (κ3) is 3.78. The van der Waals surface area contributed by atoms with Crippen LogP contribution in [0.25, 0.3) is 0 Å². The lowest BCUT2D eigenvalue weighted by atomic mass is 9.92. The first-order valence-corrected chi connectivity index (χ1v) is 6.72. The highest BCUT2D eigenvalue weighted by molar-refractivity contribution is 5.76. The van der Waals surface area contributed by atoms with Gasteiger partial charge in [0, 0.05) is 25.6 Å². The van der Waals surface area contributed by atoms with Gasteiger partial charge in [-0.2, -0.15) is 0 Å². The first-order chi connectivity index (χ1) is 7.71. The van der Waals surface area contributed by atoms with Gasteiger partial charge in [0.15, 0.2) is 0 Å². The number of rotatable bonds is 5. The van der Waals surface area contributed by atoms with E-state index in [4.69, 9.17) is 0 Å². The summed E-state index contributed by atoms with van der Waals surface area (Å²) in [6.07, 6.45) is 4.06. The summed E-state index contributed by atoms with van der Waals surface area (Å²) < 4.78 is 0. The van der Waals surface area contributed by atoms with Crippen molar-refractivity contribution in [3.05, 3.63) is 0 Å². The molecular formula is C13H26N2O. The van der Waals surface area contributed by atoms with Crippen molar-refractivity contribution in [3.8, 4) is 0 Å². The van der Waals surface area contributed by atoms with Crippen LogP contribution in [0.5, 0.6) is 0 Å². The summed E-state index contributed by atoms with van der Waals surface area (Å²) in [5.74, 6) is 1.02. The Hall–Kier alpha value is -0.570. The monoisotopic (exact) mass is 226 g/mol. The predicted molar refractivity (Wildman–Crippen MR) is 67.4 cm³/mol. The quantitative estimate of drug-likeness (QED) is 0.778. The summed E-state index contributed by atoms with van der Waals surface area (Å²) in [6, 6.07) is 0.504. The van der Waals surface area contributed by atoms with Crippen molar-refractivity contribution in [3.63, 3.8) is 0 Å². The molecule has 1 rings (SSSR count). The maximum Gasteiger partial charge on any atom is 0.222 e. The van der Waals surface area contributed by atoms with Gasteiger partial charge < -0.3 is 10.2 Å². The highest BCUT2D eigenvalue weighted by Crippen LogP contribution is 2.20. The molecule has 0 aromatic heterocycles. The Balaban J connectivity index is 2.53. The molecular weight excluding hydrogens is 200 g/mol. The van der Waals surface area contributed by atoms with Crippen molar-refractivity contribution in [1.82, 2.24) is 10.2 Å². The first kappa shape index (κ1) is 13.5. The molecule has 2 unspecified atom stereocenters. The molecule has 1 fully saturated rings. The summed E-state index contributed by atoms with van der Waals surface area (Å²) >= 11 is 0. The fourth-order valence-electron chi connectivity index (χ4n) is 2.51. The number of hydrogen-bond donors (Lipinski definition) is 1. The van der Waals surface area contributed by atoms with Gasteiger partial charge in [-0.05, 0) is 25.3 Å².